The zero-order chi connectivity index (χ0) is 20.9. The van der Waals surface area contributed by atoms with Crippen molar-refractivity contribution in [2.75, 3.05) is 0 Å². The number of hydrogen-bond donors (Lipinski definition) is 2. The van der Waals surface area contributed by atoms with Gasteiger partial charge in [0.15, 0.2) is 0 Å². The molecular weight excluding hydrogens is 358 g/mol. The smallest absolute Gasteiger partial charge is 0.408 e. The molecule has 2 N–H and O–H groups in total. The van der Waals surface area contributed by atoms with Crippen LogP contribution in [0.5, 0.6) is 5.75 Å². The fraction of sp³-hybridized carbons (Fsp3) is 0.476. The van der Waals surface area contributed by atoms with Gasteiger partial charge >= 0.3 is 6.09 Å². The van der Waals surface area contributed by atoms with Gasteiger partial charge in [-0.25, -0.2) is 10.2 Å². The lowest BCUT2D eigenvalue weighted by molar-refractivity contribution is -0.124. The topological polar surface area (TPSA) is 89.0 Å². The molecule has 0 radical (unpaired) electrons. The van der Waals surface area contributed by atoms with E-state index < -0.39 is 23.6 Å². The standard InChI is InChI=1S/C21H29N3O4/c1-13(2)18(23-20(26)28-21(4,5)6)19(25)24-22-12-16-11-15-9-7-8-10-17(15)27-14(16)3/h7-14,18H,1-6H3,(H,23,26)(H,24,25)/b22-12-/t14-,18+/m1/s1. The number of ether oxygens (including phenoxy) is 2. The zero-order valence-electron chi connectivity index (χ0n) is 17.3. The van der Waals surface area contributed by atoms with Gasteiger partial charge in [0, 0.05) is 11.1 Å². The van der Waals surface area contributed by atoms with Crippen molar-refractivity contribution in [2.24, 2.45) is 11.0 Å². The predicted octanol–water partition coefficient (Wildman–Crippen LogP) is 3.50. The highest BCUT2D eigenvalue weighted by atomic mass is 16.6. The Balaban J connectivity index is 2.00. The molecule has 0 unspecified atom stereocenters. The molecule has 0 spiro atoms. The molecule has 7 heteroatoms. The monoisotopic (exact) mass is 387 g/mol. The van der Waals surface area contributed by atoms with E-state index in [0.717, 1.165) is 16.9 Å². The van der Waals surface area contributed by atoms with E-state index in [1.54, 1.807) is 27.0 Å². The lowest BCUT2D eigenvalue weighted by atomic mass is 10.0. The quantitative estimate of drug-likeness (QED) is 0.598. The van der Waals surface area contributed by atoms with Gasteiger partial charge in [-0.1, -0.05) is 32.0 Å². The third kappa shape index (κ3) is 6.11. The normalized spacial score (nSPS) is 17.4. The Labute approximate surface area is 166 Å². The first-order valence-electron chi connectivity index (χ1n) is 9.36. The second kappa shape index (κ2) is 8.91. The van der Waals surface area contributed by atoms with Crippen LogP contribution in [0.4, 0.5) is 4.79 Å². The second-order valence-corrected chi connectivity index (χ2v) is 8.04. The van der Waals surface area contributed by atoms with Crippen LogP contribution >= 0.6 is 0 Å². The maximum absolute atomic E-state index is 12.5. The summed E-state index contributed by atoms with van der Waals surface area (Å²) in [5.74, 6) is 0.269. The van der Waals surface area contributed by atoms with E-state index in [1.807, 2.05) is 51.1 Å². The molecule has 7 nitrogen and oxygen atoms in total. The van der Waals surface area contributed by atoms with E-state index in [0.29, 0.717) is 0 Å². The molecule has 0 bridgehead atoms. The summed E-state index contributed by atoms with van der Waals surface area (Å²) in [5, 5.41) is 6.64. The van der Waals surface area contributed by atoms with Crippen LogP contribution in [0, 0.1) is 5.92 Å². The average molecular weight is 387 g/mol. The summed E-state index contributed by atoms with van der Waals surface area (Å²) in [4.78, 5) is 24.4. The fourth-order valence-corrected chi connectivity index (χ4v) is 2.61. The van der Waals surface area contributed by atoms with Crippen molar-refractivity contribution in [1.82, 2.24) is 10.7 Å². The summed E-state index contributed by atoms with van der Waals surface area (Å²) in [6.45, 7) is 10.9. The molecule has 1 heterocycles. The van der Waals surface area contributed by atoms with Crippen molar-refractivity contribution >= 4 is 24.3 Å². The molecule has 152 valence electrons. The summed E-state index contributed by atoms with van der Waals surface area (Å²) in [7, 11) is 0. The number of rotatable bonds is 5. The van der Waals surface area contributed by atoms with E-state index in [9.17, 15) is 9.59 Å². The van der Waals surface area contributed by atoms with Crippen molar-refractivity contribution < 1.29 is 19.1 Å². The number of fused-ring (bicyclic) bond motifs is 1. The Morgan fingerprint density at radius 3 is 2.57 bits per heavy atom. The van der Waals surface area contributed by atoms with E-state index >= 15 is 0 Å². The van der Waals surface area contributed by atoms with Gasteiger partial charge in [0.25, 0.3) is 5.91 Å². The predicted molar refractivity (Wildman–Crippen MR) is 109 cm³/mol. The number of alkyl carbamates (subject to hydrolysis) is 1. The van der Waals surface area contributed by atoms with Crippen molar-refractivity contribution in [3.8, 4) is 5.75 Å². The van der Waals surface area contributed by atoms with Crippen LogP contribution in [0.15, 0.2) is 34.9 Å². The average Bonchev–Trinajstić information content (AvgIpc) is 2.58. The number of para-hydroxylation sites is 1. The second-order valence-electron chi connectivity index (χ2n) is 8.04. The van der Waals surface area contributed by atoms with Crippen molar-refractivity contribution in [3.05, 3.63) is 35.4 Å². The van der Waals surface area contributed by atoms with Crippen LogP contribution in [-0.2, 0) is 9.53 Å². The number of amides is 2. The van der Waals surface area contributed by atoms with E-state index in [1.165, 1.54) is 0 Å². The third-order valence-electron chi connectivity index (χ3n) is 4.02. The highest BCUT2D eigenvalue weighted by Gasteiger charge is 2.27. The Kier molecular flexibility index (Phi) is 6.83. The highest BCUT2D eigenvalue weighted by Crippen LogP contribution is 2.28. The van der Waals surface area contributed by atoms with Gasteiger partial charge in [-0.05, 0) is 45.8 Å². The lowest BCUT2D eigenvalue weighted by Crippen LogP contribution is -2.49. The minimum absolute atomic E-state index is 0.134. The van der Waals surface area contributed by atoms with Crippen molar-refractivity contribution in [2.45, 2.75) is 59.3 Å². The number of benzene rings is 1. The summed E-state index contributed by atoms with van der Waals surface area (Å²) in [6, 6.07) is 6.95. The molecular formula is C21H29N3O4. The number of nitrogens with zero attached hydrogens (tertiary/aromatic N) is 1. The maximum Gasteiger partial charge on any atom is 0.408 e. The molecule has 0 aromatic heterocycles. The summed E-state index contributed by atoms with van der Waals surface area (Å²) in [6.07, 6.45) is 2.71. The molecule has 2 amide bonds. The van der Waals surface area contributed by atoms with Crippen LogP contribution in [0.2, 0.25) is 0 Å². The van der Waals surface area contributed by atoms with Gasteiger partial charge in [0.2, 0.25) is 0 Å². The fourth-order valence-electron chi connectivity index (χ4n) is 2.61. The molecule has 28 heavy (non-hydrogen) atoms. The molecule has 0 aliphatic carbocycles. The third-order valence-corrected chi connectivity index (χ3v) is 4.02. The van der Waals surface area contributed by atoms with Crippen LogP contribution in [0.1, 0.15) is 47.1 Å². The maximum atomic E-state index is 12.5. The number of nitrogens with one attached hydrogen (secondary N) is 2. The van der Waals surface area contributed by atoms with Gasteiger partial charge in [-0.3, -0.25) is 4.79 Å². The molecule has 2 atom stereocenters. The Hall–Kier alpha value is -2.83. The van der Waals surface area contributed by atoms with E-state index in [4.69, 9.17) is 9.47 Å². The first-order chi connectivity index (χ1) is 13.1. The molecule has 2 rings (SSSR count). The van der Waals surface area contributed by atoms with Crippen LogP contribution in [0.3, 0.4) is 0 Å². The SMILES string of the molecule is CC(C)[C@H](NC(=O)OC(C)(C)C)C(=O)N/N=C\C1=Cc2ccccc2O[C@@H]1C. The minimum atomic E-state index is -0.762. The summed E-state index contributed by atoms with van der Waals surface area (Å²) in [5.41, 5.74) is 3.64. The van der Waals surface area contributed by atoms with E-state index in [2.05, 4.69) is 15.8 Å². The van der Waals surface area contributed by atoms with Gasteiger partial charge in [0.1, 0.15) is 23.5 Å². The van der Waals surface area contributed by atoms with Crippen molar-refractivity contribution in [3.63, 3.8) is 0 Å². The molecule has 0 fully saturated rings. The van der Waals surface area contributed by atoms with Crippen LogP contribution < -0.4 is 15.5 Å². The highest BCUT2D eigenvalue weighted by molar-refractivity contribution is 5.91. The molecule has 1 aromatic carbocycles. The molecule has 1 aliphatic rings. The van der Waals surface area contributed by atoms with Crippen LogP contribution in [-0.4, -0.2) is 36.0 Å². The first-order valence-corrected chi connectivity index (χ1v) is 9.36. The largest absolute Gasteiger partial charge is 0.485 e. The Morgan fingerprint density at radius 2 is 1.93 bits per heavy atom. The van der Waals surface area contributed by atoms with Gasteiger partial charge < -0.3 is 14.8 Å². The number of hydrogen-bond acceptors (Lipinski definition) is 5. The van der Waals surface area contributed by atoms with E-state index in [-0.39, 0.29) is 12.0 Å². The Bertz CT molecular complexity index is 778. The number of carbonyl (C=O) groups excluding carboxylic acids is 2. The van der Waals surface area contributed by atoms with Gasteiger partial charge in [-0.15, -0.1) is 0 Å². The van der Waals surface area contributed by atoms with Gasteiger partial charge in [-0.2, -0.15) is 5.10 Å². The summed E-state index contributed by atoms with van der Waals surface area (Å²) < 4.78 is 11.1. The van der Waals surface area contributed by atoms with Crippen LogP contribution in [0.25, 0.3) is 6.08 Å². The summed E-state index contributed by atoms with van der Waals surface area (Å²) >= 11 is 0. The van der Waals surface area contributed by atoms with Gasteiger partial charge in [0.05, 0.1) is 6.21 Å². The number of carbonyl (C=O) groups is 2. The Morgan fingerprint density at radius 1 is 1.25 bits per heavy atom. The molecule has 0 saturated carbocycles. The minimum Gasteiger partial charge on any atom is -0.485 e. The number of hydrazone groups is 1. The molecule has 1 aromatic rings. The first kappa shape index (κ1) is 21.5. The van der Waals surface area contributed by atoms with Crippen molar-refractivity contribution in [1.29, 1.82) is 0 Å². The lowest BCUT2D eigenvalue weighted by Gasteiger charge is -2.24. The molecule has 0 saturated heterocycles. The zero-order valence-corrected chi connectivity index (χ0v) is 17.3. The molecule has 1 aliphatic heterocycles.